The van der Waals surface area contributed by atoms with E-state index >= 15 is 0 Å². The van der Waals surface area contributed by atoms with E-state index in [9.17, 15) is 0 Å². The van der Waals surface area contributed by atoms with Gasteiger partial charge < -0.3 is 5.73 Å². The lowest BCUT2D eigenvalue weighted by Gasteiger charge is -2.17. The first kappa shape index (κ1) is 8.63. The summed E-state index contributed by atoms with van der Waals surface area (Å²) in [6, 6.07) is 2.04. The van der Waals surface area contributed by atoms with E-state index in [2.05, 4.69) is 9.97 Å². The fourth-order valence-electron chi connectivity index (χ4n) is 1.33. The smallest absolute Gasteiger partial charge is 0.116 e. The monoisotopic (exact) mass is 177 g/mol. The van der Waals surface area contributed by atoms with Gasteiger partial charge in [-0.3, -0.25) is 0 Å². The number of hydrogen-bond acceptors (Lipinski definition) is 3. The zero-order chi connectivity index (χ0) is 9.47. The van der Waals surface area contributed by atoms with Crippen molar-refractivity contribution in [2.75, 3.05) is 0 Å². The Morgan fingerprint density at radius 3 is 2.62 bits per heavy atom. The first-order valence-corrected chi connectivity index (χ1v) is 4.68. The van der Waals surface area contributed by atoms with Crippen LogP contribution in [0.4, 0.5) is 0 Å². The van der Waals surface area contributed by atoms with Gasteiger partial charge >= 0.3 is 0 Å². The molecule has 0 atom stereocenters. The van der Waals surface area contributed by atoms with Crippen LogP contribution in [-0.2, 0) is 5.54 Å². The molecule has 1 fully saturated rings. The van der Waals surface area contributed by atoms with Gasteiger partial charge in [0.25, 0.3) is 0 Å². The Morgan fingerprint density at radius 2 is 2.08 bits per heavy atom. The van der Waals surface area contributed by atoms with E-state index in [0.29, 0.717) is 5.92 Å². The first-order chi connectivity index (χ1) is 6.07. The van der Waals surface area contributed by atoms with E-state index in [1.54, 1.807) is 6.33 Å². The van der Waals surface area contributed by atoms with E-state index in [1.807, 2.05) is 19.9 Å². The van der Waals surface area contributed by atoms with Crippen molar-refractivity contribution >= 4 is 0 Å². The molecule has 0 aromatic carbocycles. The van der Waals surface area contributed by atoms with Crippen LogP contribution in [-0.4, -0.2) is 9.97 Å². The lowest BCUT2D eigenvalue weighted by atomic mass is 10.0. The van der Waals surface area contributed by atoms with Crippen LogP contribution in [0, 0.1) is 0 Å². The van der Waals surface area contributed by atoms with E-state index in [4.69, 9.17) is 5.73 Å². The zero-order valence-electron chi connectivity index (χ0n) is 8.12. The largest absolute Gasteiger partial charge is 0.321 e. The molecule has 1 aliphatic carbocycles. The molecule has 0 radical (unpaired) electrons. The van der Waals surface area contributed by atoms with E-state index in [-0.39, 0.29) is 5.54 Å². The maximum Gasteiger partial charge on any atom is 0.116 e. The third-order valence-corrected chi connectivity index (χ3v) is 2.34. The molecule has 1 aromatic rings. The highest BCUT2D eigenvalue weighted by Crippen LogP contribution is 2.39. The Balaban J connectivity index is 2.32. The van der Waals surface area contributed by atoms with Gasteiger partial charge in [-0.1, -0.05) is 0 Å². The van der Waals surface area contributed by atoms with Crippen molar-refractivity contribution in [2.24, 2.45) is 5.73 Å². The molecule has 1 saturated carbocycles. The van der Waals surface area contributed by atoms with Crippen LogP contribution in [0.3, 0.4) is 0 Å². The molecule has 1 heterocycles. The maximum absolute atomic E-state index is 5.96. The average molecular weight is 177 g/mol. The van der Waals surface area contributed by atoms with Gasteiger partial charge in [0, 0.05) is 11.6 Å². The minimum absolute atomic E-state index is 0.355. The van der Waals surface area contributed by atoms with Crippen LogP contribution in [0.25, 0.3) is 0 Å². The van der Waals surface area contributed by atoms with Gasteiger partial charge in [-0.05, 0) is 32.8 Å². The van der Waals surface area contributed by atoms with E-state index in [0.717, 1.165) is 11.4 Å². The minimum Gasteiger partial charge on any atom is -0.321 e. The number of nitrogens with zero attached hydrogens (tertiary/aromatic N) is 2. The normalized spacial score (nSPS) is 17.5. The summed E-state index contributed by atoms with van der Waals surface area (Å²) in [4.78, 5) is 8.43. The summed E-state index contributed by atoms with van der Waals surface area (Å²) in [5, 5.41) is 0. The highest BCUT2D eigenvalue weighted by Gasteiger charge is 2.26. The predicted octanol–water partition coefficient (Wildman–Crippen LogP) is 1.55. The van der Waals surface area contributed by atoms with E-state index in [1.165, 1.54) is 12.8 Å². The van der Waals surface area contributed by atoms with Gasteiger partial charge in [0.1, 0.15) is 6.33 Å². The highest BCUT2D eigenvalue weighted by molar-refractivity contribution is 5.20. The Hall–Kier alpha value is -0.960. The fourth-order valence-corrected chi connectivity index (χ4v) is 1.33. The number of aromatic nitrogens is 2. The summed E-state index contributed by atoms with van der Waals surface area (Å²) in [6.45, 7) is 3.93. The van der Waals surface area contributed by atoms with Gasteiger partial charge in [0.2, 0.25) is 0 Å². The molecule has 0 saturated heterocycles. The molecule has 0 aliphatic heterocycles. The van der Waals surface area contributed by atoms with Gasteiger partial charge in [0.15, 0.2) is 0 Å². The van der Waals surface area contributed by atoms with Crippen molar-refractivity contribution in [3.05, 3.63) is 23.8 Å². The van der Waals surface area contributed by atoms with Crippen molar-refractivity contribution in [3.63, 3.8) is 0 Å². The zero-order valence-corrected chi connectivity index (χ0v) is 8.12. The number of rotatable bonds is 2. The van der Waals surface area contributed by atoms with Gasteiger partial charge in [-0.2, -0.15) is 0 Å². The Kier molecular flexibility index (Phi) is 1.84. The van der Waals surface area contributed by atoms with Gasteiger partial charge in [0.05, 0.1) is 11.2 Å². The Bertz CT molecular complexity index is 310. The molecule has 0 spiro atoms. The summed E-state index contributed by atoms with van der Waals surface area (Å²) in [5.74, 6) is 0.670. The van der Waals surface area contributed by atoms with Crippen LogP contribution in [0.1, 0.15) is 44.0 Å². The lowest BCUT2D eigenvalue weighted by Crippen LogP contribution is -2.30. The quantitative estimate of drug-likeness (QED) is 0.745. The second-order valence-electron chi connectivity index (χ2n) is 4.32. The van der Waals surface area contributed by atoms with Crippen LogP contribution in [0.5, 0.6) is 0 Å². The summed E-state index contributed by atoms with van der Waals surface area (Å²) >= 11 is 0. The molecule has 1 aromatic heterocycles. The topological polar surface area (TPSA) is 51.8 Å². The predicted molar refractivity (Wildman–Crippen MR) is 51.2 cm³/mol. The third-order valence-electron chi connectivity index (χ3n) is 2.34. The molecule has 0 unspecified atom stereocenters. The molecule has 1 aliphatic rings. The SMILES string of the molecule is CC(C)(N)c1cc(C2CC2)ncn1. The van der Waals surface area contributed by atoms with Crippen LogP contribution >= 0.6 is 0 Å². The summed E-state index contributed by atoms with van der Waals surface area (Å²) in [6.07, 6.45) is 4.15. The van der Waals surface area contributed by atoms with Crippen LogP contribution < -0.4 is 5.73 Å². The van der Waals surface area contributed by atoms with Crippen LogP contribution in [0.15, 0.2) is 12.4 Å². The second-order valence-corrected chi connectivity index (χ2v) is 4.32. The molecule has 0 bridgehead atoms. The molecular formula is C10H15N3. The fraction of sp³-hybridized carbons (Fsp3) is 0.600. The Morgan fingerprint density at radius 1 is 1.38 bits per heavy atom. The molecule has 3 heteroatoms. The number of nitrogens with two attached hydrogens (primary N) is 1. The van der Waals surface area contributed by atoms with E-state index < -0.39 is 0 Å². The lowest BCUT2D eigenvalue weighted by molar-refractivity contribution is 0.532. The maximum atomic E-state index is 5.96. The highest BCUT2D eigenvalue weighted by atomic mass is 14.9. The van der Waals surface area contributed by atoms with Crippen molar-refractivity contribution in [3.8, 4) is 0 Å². The third kappa shape index (κ3) is 1.86. The van der Waals surface area contributed by atoms with Crippen molar-refractivity contribution in [1.82, 2.24) is 9.97 Å². The van der Waals surface area contributed by atoms with Crippen LogP contribution in [0.2, 0.25) is 0 Å². The van der Waals surface area contributed by atoms with Crippen molar-refractivity contribution in [1.29, 1.82) is 0 Å². The summed E-state index contributed by atoms with van der Waals surface area (Å²) in [5.41, 5.74) is 7.69. The van der Waals surface area contributed by atoms with Crippen molar-refractivity contribution < 1.29 is 0 Å². The standard InChI is InChI=1S/C10H15N3/c1-10(2,11)9-5-8(7-3-4-7)12-6-13-9/h5-7H,3-4,11H2,1-2H3. The number of hydrogen-bond donors (Lipinski definition) is 1. The van der Waals surface area contributed by atoms with Gasteiger partial charge in [-0.25, -0.2) is 9.97 Å². The molecule has 70 valence electrons. The molecule has 2 N–H and O–H groups in total. The van der Waals surface area contributed by atoms with Crippen molar-refractivity contribution in [2.45, 2.75) is 38.1 Å². The summed E-state index contributed by atoms with van der Waals surface area (Å²) in [7, 11) is 0. The average Bonchev–Trinajstić information content (AvgIpc) is 2.85. The molecular weight excluding hydrogens is 162 g/mol. The molecule has 13 heavy (non-hydrogen) atoms. The van der Waals surface area contributed by atoms with Gasteiger partial charge in [-0.15, -0.1) is 0 Å². The second kappa shape index (κ2) is 2.77. The molecule has 0 amide bonds. The Labute approximate surface area is 78.4 Å². The first-order valence-electron chi connectivity index (χ1n) is 4.68. The summed E-state index contributed by atoms with van der Waals surface area (Å²) < 4.78 is 0. The molecule has 2 rings (SSSR count). The minimum atomic E-state index is -0.355. The molecule has 3 nitrogen and oxygen atoms in total.